The first-order valence-electron chi connectivity index (χ1n) is 7.85. The zero-order chi connectivity index (χ0) is 15.0. The summed E-state index contributed by atoms with van der Waals surface area (Å²) in [4.78, 5) is 14.2. The van der Waals surface area contributed by atoms with Gasteiger partial charge in [-0.3, -0.25) is 9.69 Å². The van der Waals surface area contributed by atoms with Gasteiger partial charge in [0.15, 0.2) is 0 Å². The molecule has 0 aromatic heterocycles. The van der Waals surface area contributed by atoms with Crippen LogP contribution in [0.25, 0.3) is 0 Å². The quantitative estimate of drug-likeness (QED) is 0.871. The van der Waals surface area contributed by atoms with Crippen LogP contribution < -0.4 is 5.32 Å². The van der Waals surface area contributed by atoms with Crippen LogP contribution in [-0.2, 0) is 11.2 Å². The Morgan fingerprint density at radius 2 is 2.14 bits per heavy atom. The van der Waals surface area contributed by atoms with Gasteiger partial charge in [-0.25, -0.2) is 0 Å². The fourth-order valence-corrected chi connectivity index (χ4v) is 3.30. The summed E-state index contributed by atoms with van der Waals surface area (Å²) in [7, 11) is 0. The van der Waals surface area contributed by atoms with Crippen molar-refractivity contribution < 1.29 is 9.90 Å². The Kier molecular flexibility index (Phi) is 3.76. The Balaban J connectivity index is 1.55. The zero-order valence-electron chi connectivity index (χ0n) is 12.9. The number of para-hydroxylation sites is 1. The van der Waals surface area contributed by atoms with Gasteiger partial charge in [0.05, 0.1) is 12.1 Å². The number of hydrogen-bond acceptors (Lipinski definition) is 3. The van der Waals surface area contributed by atoms with Crippen LogP contribution in [0, 0.1) is 12.8 Å². The Hall–Kier alpha value is -1.39. The number of amides is 1. The van der Waals surface area contributed by atoms with E-state index in [1.807, 2.05) is 24.0 Å². The van der Waals surface area contributed by atoms with E-state index in [1.165, 1.54) is 5.56 Å². The molecule has 2 aliphatic rings. The van der Waals surface area contributed by atoms with Crippen molar-refractivity contribution in [3.05, 3.63) is 29.3 Å². The van der Waals surface area contributed by atoms with E-state index in [2.05, 4.69) is 18.3 Å². The van der Waals surface area contributed by atoms with Gasteiger partial charge in [0, 0.05) is 18.8 Å². The van der Waals surface area contributed by atoms with Crippen LogP contribution in [0.15, 0.2) is 18.2 Å². The summed E-state index contributed by atoms with van der Waals surface area (Å²) in [6.45, 7) is 5.76. The van der Waals surface area contributed by atoms with Crippen molar-refractivity contribution in [3.8, 4) is 0 Å². The van der Waals surface area contributed by atoms with Crippen LogP contribution in [0.4, 0.5) is 5.69 Å². The van der Waals surface area contributed by atoms with E-state index in [1.54, 1.807) is 0 Å². The molecule has 0 atom stereocenters. The maximum Gasteiger partial charge on any atom is 0.238 e. The van der Waals surface area contributed by atoms with Gasteiger partial charge in [-0.15, -0.1) is 0 Å². The van der Waals surface area contributed by atoms with Crippen molar-refractivity contribution in [2.45, 2.75) is 38.7 Å². The maximum absolute atomic E-state index is 12.2. The number of carbonyl (C=O) groups is 1. The normalized spacial score (nSPS) is 20.9. The second-order valence-corrected chi connectivity index (χ2v) is 6.53. The van der Waals surface area contributed by atoms with Crippen molar-refractivity contribution in [2.75, 3.05) is 25.0 Å². The summed E-state index contributed by atoms with van der Waals surface area (Å²) in [6, 6.07) is 6.09. The maximum atomic E-state index is 12.2. The summed E-state index contributed by atoms with van der Waals surface area (Å²) in [5.41, 5.74) is 2.70. The summed E-state index contributed by atoms with van der Waals surface area (Å²) in [5.74, 6) is 0.483. The molecule has 1 aliphatic carbocycles. The van der Waals surface area contributed by atoms with Crippen LogP contribution >= 0.6 is 0 Å². The highest BCUT2D eigenvalue weighted by Gasteiger charge is 2.51. The van der Waals surface area contributed by atoms with Crippen molar-refractivity contribution in [1.29, 1.82) is 0 Å². The van der Waals surface area contributed by atoms with E-state index in [0.29, 0.717) is 25.6 Å². The molecule has 21 heavy (non-hydrogen) atoms. The van der Waals surface area contributed by atoms with Crippen molar-refractivity contribution >= 4 is 11.6 Å². The molecule has 0 bridgehead atoms. The molecular formula is C17H24N2O2. The SMILES string of the molecule is CCc1cccc(C)c1NC(=O)CN1CC(O)(C2CC2)C1. The number of nitrogens with one attached hydrogen (secondary N) is 1. The van der Waals surface area contributed by atoms with Gasteiger partial charge in [0.25, 0.3) is 0 Å². The first kappa shape index (κ1) is 14.5. The molecule has 1 aromatic carbocycles. The predicted molar refractivity (Wildman–Crippen MR) is 83.3 cm³/mol. The number of carbonyl (C=O) groups excluding carboxylic acids is 1. The Morgan fingerprint density at radius 1 is 1.43 bits per heavy atom. The molecule has 0 radical (unpaired) electrons. The number of hydrogen-bond donors (Lipinski definition) is 2. The number of likely N-dealkylation sites (tertiary alicyclic amines) is 1. The fraction of sp³-hybridized carbons (Fsp3) is 0.588. The van der Waals surface area contributed by atoms with E-state index >= 15 is 0 Å². The zero-order valence-corrected chi connectivity index (χ0v) is 12.9. The van der Waals surface area contributed by atoms with Gasteiger partial charge in [-0.05, 0) is 43.2 Å². The molecule has 0 spiro atoms. The molecule has 3 rings (SSSR count). The van der Waals surface area contributed by atoms with Crippen molar-refractivity contribution in [2.24, 2.45) is 5.92 Å². The summed E-state index contributed by atoms with van der Waals surface area (Å²) in [5, 5.41) is 13.3. The van der Waals surface area contributed by atoms with Gasteiger partial charge in [0.2, 0.25) is 5.91 Å². The van der Waals surface area contributed by atoms with E-state index < -0.39 is 5.60 Å². The number of anilines is 1. The molecule has 2 fully saturated rings. The Bertz CT molecular complexity index is 546. The van der Waals surface area contributed by atoms with Crippen LogP contribution in [0.1, 0.15) is 30.9 Å². The first-order chi connectivity index (χ1) is 10.0. The van der Waals surface area contributed by atoms with Crippen LogP contribution in [0.3, 0.4) is 0 Å². The minimum atomic E-state index is -0.516. The second kappa shape index (κ2) is 5.43. The monoisotopic (exact) mass is 288 g/mol. The average molecular weight is 288 g/mol. The highest BCUT2D eigenvalue weighted by atomic mass is 16.3. The van der Waals surface area contributed by atoms with E-state index in [4.69, 9.17) is 0 Å². The molecule has 0 unspecified atom stereocenters. The lowest BCUT2D eigenvalue weighted by molar-refractivity contribution is -0.132. The second-order valence-electron chi connectivity index (χ2n) is 6.53. The minimum absolute atomic E-state index is 0.0110. The molecule has 1 saturated carbocycles. The third kappa shape index (κ3) is 2.97. The van der Waals surface area contributed by atoms with Gasteiger partial charge in [0.1, 0.15) is 0 Å². The topological polar surface area (TPSA) is 52.6 Å². The van der Waals surface area contributed by atoms with E-state index in [9.17, 15) is 9.90 Å². The Labute approximate surface area is 126 Å². The lowest BCUT2D eigenvalue weighted by atomic mass is 9.89. The van der Waals surface area contributed by atoms with Crippen molar-refractivity contribution in [3.63, 3.8) is 0 Å². The molecule has 1 aromatic rings. The number of nitrogens with zero attached hydrogens (tertiary/aromatic N) is 1. The van der Waals surface area contributed by atoms with E-state index in [0.717, 1.165) is 30.5 Å². The summed E-state index contributed by atoms with van der Waals surface area (Å²) in [6.07, 6.45) is 3.18. The molecule has 114 valence electrons. The van der Waals surface area contributed by atoms with Gasteiger partial charge in [-0.2, -0.15) is 0 Å². The molecule has 4 nitrogen and oxygen atoms in total. The van der Waals surface area contributed by atoms with E-state index in [-0.39, 0.29) is 5.91 Å². The molecule has 1 saturated heterocycles. The highest BCUT2D eigenvalue weighted by molar-refractivity contribution is 5.93. The minimum Gasteiger partial charge on any atom is -0.387 e. The fourth-order valence-electron chi connectivity index (χ4n) is 3.30. The van der Waals surface area contributed by atoms with Gasteiger partial charge >= 0.3 is 0 Å². The number of aliphatic hydroxyl groups is 1. The third-order valence-electron chi connectivity index (χ3n) is 4.70. The molecule has 1 aliphatic heterocycles. The van der Waals surface area contributed by atoms with Crippen LogP contribution in [-0.4, -0.2) is 41.1 Å². The molecule has 1 amide bonds. The summed E-state index contributed by atoms with van der Waals surface area (Å²) < 4.78 is 0. The summed E-state index contributed by atoms with van der Waals surface area (Å²) >= 11 is 0. The molecule has 1 heterocycles. The first-order valence-corrected chi connectivity index (χ1v) is 7.85. The largest absolute Gasteiger partial charge is 0.387 e. The lowest BCUT2D eigenvalue weighted by Crippen LogP contribution is -2.64. The molecule has 2 N–H and O–H groups in total. The van der Waals surface area contributed by atoms with Crippen LogP contribution in [0.2, 0.25) is 0 Å². The lowest BCUT2D eigenvalue weighted by Gasteiger charge is -2.46. The molecule has 4 heteroatoms. The van der Waals surface area contributed by atoms with Crippen LogP contribution in [0.5, 0.6) is 0 Å². The number of β-amino-alcohol motifs (C(OH)–C–C–N with tert-alkyl or cyclic N) is 1. The molecular weight excluding hydrogens is 264 g/mol. The smallest absolute Gasteiger partial charge is 0.238 e. The van der Waals surface area contributed by atoms with Gasteiger partial charge < -0.3 is 10.4 Å². The standard InChI is InChI=1S/C17H24N2O2/c1-3-13-6-4-5-12(2)16(13)18-15(20)9-19-10-17(21,11-19)14-7-8-14/h4-6,14,21H,3,7-11H2,1-2H3,(H,18,20). The number of rotatable bonds is 5. The number of benzene rings is 1. The Morgan fingerprint density at radius 3 is 2.76 bits per heavy atom. The predicted octanol–water partition coefficient (Wildman–Crippen LogP) is 1.95. The third-order valence-corrected chi connectivity index (χ3v) is 4.70. The number of aryl methyl sites for hydroxylation is 2. The highest BCUT2D eigenvalue weighted by Crippen LogP contribution is 2.44. The van der Waals surface area contributed by atoms with Gasteiger partial charge in [-0.1, -0.05) is 25.1 Å². The van der Waals surface area contributed by atoms with Crippen molar-refractivity contribution in [1.82, 2.24) is 4.90 Å². The average Bonchev–Trinajstić information content (AvgIpc) is 3.23.